The van der Waals surface area contributed by atoms with Gasteiger partial charge in [0.2, 0.25) is 0 Å². The molecular formula is C22H22N2O4. The van der Waals surface area contributed by atoms with E-state index in [0.717, 1.165) is 16.3 Å². The molecular weight excluding hydrogens is 356 g/mol. The molecule has 0 aliphatic carbocycles. The van der Waals surface area contributed by atoms with Gasteiger partial charge in [0.05, 0.1) is 27.0 Å². The van der Waals surface area contributed by atoms with E-state index >= 15 is 0 Å². The molecule has 3 aromatic rings. The zero-order valence-electron chi connectivity index (χ0n) is 16.1. The van der Waals surface area contributed by atoms with Crippen LogP contribution < -0.4 is 19.6 Å². The number of rotatable bonds is 7. The van der Waals surface area contributed by atoms with Crippen molar-refractivity contribution >= 4 is 22.9 Å². The zero-order chi connectivity index (χ0) is 19.9. The molecule has 28 heavy (non-hydrogen) atoms. The molecule has 0 spiro atoms. The quantitative estimate of drug-likeness (QED) is 0.498. The number of carbonyl (C=O) groups excluding carboxylic acids is 1. The molecule has 0 radical (unpaired) electrons. The second kappa shape index (κ2) is 8.90. The van der Waals surface area contributed by atoms with Crippen molar-refractivity contribution in [2.75, 3.05) is 20.8 Å². The number of nitrogens with zero attached hydrogens (tertiary/aromatic N) is 1. The maximum atomic E-state index is 12.5. The Morgan fingerprint density at radius 1 is 1.04 bits per heavy atom. The average molecular weight is 378 g/mol. The minimum absolute atomic E-state index is 0.369. The van der Waals surface area contributed by atoms with E-state index in [0.29, 0.717) is 29.4 Å². The van der Waals surface area contributed by atoms with Crippen molar-refractivity contribution in [2.24, 2.45) is 5.10 Å². The molecule has 0 aromatic heterocycles. The standard InChI is InChI=1S/C22H22N2O4/c1-4-28-21-10-9-15-7-5-6-8-19(15)20(21)14-23-24-22(25)16-11-17(26-2)13-18(12-16)27-3/h5-14H,4H2,1-3H3,(H,24,25)/b23-14-. The van der Waals surface area contributed by atoms with Gasteiger partial charge in [-0.15, -0.1) is 0 Å². The zero-order valence-corrected chi connectivity index (χ0v) is 16.1. The number of hydrazone groups is 1. The molecule has 3 rings (SSSR count). The number of hydrogen-bond donors (Lipinski definition) is 1. The summed E-state index contributed by atoms with van der Waals surface area (Å²) in [6.07, 6.45) is 1.60. The van der Waals surface area contributed by atoms with Gasteiger partial charge in [-0.25, -0.2) is 5.43 Å². The molecule has 1 N–H and O–H groups in total. The normalized spacial score (nSPS) is 10.8. The molecule has 3 aromatic carbocycles. The highest BCUT2D eigenvalue weighted by Gasteiger charge is 2.10. The smallest absolute Gasteiger partial charge is 0.271 e. The molecule has 0 saturated carbocycles. The van der Waals surface area contributed by atoms with E-state index in [1.54, 1.807) is 24.4 Å². The van der Waals surface area contributed by atoms with Crippen LogP contribution in [0.2, 0.25) is 0 Å². The van der Waals surface area contributed by atoms with E-state index in [9.17, 15) is 4.79 Å². The van der Waals surface area contributed by atoms with Crippen LogP contribution in [0.3, 0.4) is 0 Å². The van der Waals surface area contributed by atoms with Crippen LogP contribution in [0.15, 0.2) is 59.7 Å². The van der Waals surface area contributed by atoms with Crippen molar-refractivity contribution in [3.8, 4) is 17.2 Å². The summed E-state index contributed by atoms with van der Waals surface area (Å²) in [5.41, 5.74) is 3.74. The monoisotopic (exact) mass is 378 g/mol. The van der Waals surface area contributed by atoms with Gasteiger partial charge in [-0.3, -0.25) is 4.79 Å². The summed E-state index contributed by atoms with van der Waals surface area (Å²) in [5, 5.41) is 6.20. The lowest BCUT2D eigenvalue weighted by Crippen LogP contribution is -2.18. The van der Waals surface area contributed by atoms with E-state index in [-0.39, 0.29) is 5.91 Å². The first-order chi connectivity index (χ1) is 13.7. The number of methoxy groups -OCH3 is 2. The van der Waals surface area contributed by atoms with Crippen molar-refractivity contribution in [3.05, 3.63) is 65.7 Å². The van der Waals surface area contributed by atoms with Crippen LogP contribution in [0.1, 0.15) is 22.8 Å². The van der Waals surface area contributed by atoms with Crippen LogP contribution in [-0.4, -0.2) is 32.9 Å². The van der Waals surface area contributed by atoms with Crippen molar-refractivity contribution < 1.29 is 19.0 Å². The molecule has 0 unspecified atom stereocenters. The van der Waals surface area contributed by atoms with E-state index in [4.69, 9.17) is 14.2 Å². The Bertz CT molecular complexity index is 992. The summed E-state index contributed by atoms with van der Waals surface area (Å²) in [6, 6.07) is 16.8. The fourth-order valence-electron chi connectivity index (χ4n) is 2.85. The molecule has 0 atom stereocenters. The predicted octanol–water partition coefficient (Wildman–Crippen LogP) is 4.02. The molecule has 0 fully saturated rings. The first-order valence-electron chi connectivity index (χ1n) is 8.87. The van der Waals surface area contributed by atoms with Crippen LogP contribution >= 0.6 is 0 Å². The molecule has 144 valence electrons. The number of hydrogen-bond acceptors (Lipinski definition) is 5. The Kier molecular flexibility index (Phi) is 6.11. The molecule has 0 aliphatic rings. The maximum Gasteiger partial charge on any atom is 0.271 e. The van der Waals surface area contributed by atoms with Gasteiger partial charge in [0, 0.05) is 17.2 Å². The van der Waals surface area contributed by atoms with Crippen molar-refractivity contribution in [3.63, 3.8) is 0 Å². The number of benzene rings is 3. The Hall–Kier alpha value is -3.54. The third kappa shape index (κ3) is 4.23. The van der Waals surface area contributed by atoms with Gasteiger partial charge in [0.25, 0.3) is 5.91 Å². The van der Waals surface area contributed by atoms with E-state index < -0.39 is 0 Å². The van der Waals surface area contributed by atoms with Crippen LogP contribution in [-0.2, 0) is 0 Å². The summed E-state index contributed by atoms with van der Waals surface area (Å²) >= 11 is 0. The molecule has 6 heteroatoms. The summed E-state index contributed by atoms with van der Waals surface area (Å²) in [5.74, 6) is 1.40. The average Bonchev–Trinajstić information content (AvgIpc) is 2.74. The second-order valence-electron chi connectivity index (χ2n) is 5.93. The van der Waals surface area contributed by atoms with Crippen LogP contribution in [0.5, 0.6) is 17.2 Å². The van der Waals surface area contributed by atoms with Crippen LogP contribution in [0.4, 0.5) is 0 Å². The number of carbonyl (C=O) groups is 1. The fraction of sp³-hybridized carbons (Fsp3) is 0.182. The highest BCUT2D eigenvalue weighted by molar-refractivity contribution is 6.03. The maximum absolute atomic E-state index is 12.5. The molecule has 1 amide bonds. The Balaban J connectivity index is 1.86. The molecule has 0 saturated heterocycles. The number of ether oxygens (including phenoxy) is 3. The lowest BCUT2D eigenvalue weighted by atomic mass is 10.0. The molecule has 0 bridgehead atoms. The van der Waals surface area contributed by atoms with E-state index in [1.807, 2.05) is 43.3 Å². The van der Waals surface area contributed by atoms with Gasteiger partial charge in [0.15, 0.2) is 0 Å². The Morgan fingerprint density at radius 2 is 1.75 bits per heavy atom. The summed E-state index contributed by atoms with van der Waals surface area (Å²) in [6.45, 7) is 2.46. The van der Waals surface area contributed by atoms with Gasteiger partial charge in [-0.2, -0.15) is 5.10 Å². The highest BCUT2D eigenvalue weighted by atomic mass is 16.5. The molecule has 0 aliphatic heterocycles. The second-order valence-corrected chi connectivity index (χ2v) is 5.93. The van der Waals surface area contributed by atoms with Crippen molar-refractivity contribution in [2.45, 2.75) is 6.92 Å². The van der Waals surface area contributed by atoms with E-state index in [1.165, 1.54) is 14.2 Å². The minimum atomic E-state index is -0.369. The van der Waals surface area contributed by atoms with Crippen molar-refractivity contribution in [1.82, 2.24) is 5.43 Å². The number of nitrogens with one attached hydrogen (secondary N) is 1. The third-order valence-corrected chi connectivity index (χ3v) is 4.20. The first kappa shape index (κ1) is 19.2. The van der Waals surface area contributed by atoms with Crippen molar-refractivity contribution in [1.29, 1.82) is 0 Å². The third-order valence-electron chi connectivity index (χ3n) is 4.20. The van der Waals surface area contributed by atoms with Gasteiger partial charge < -0.3 is 14.2 Å². The molecule has 6 nitrogen and oxygen atoms in total. The highest BCUT2D eigenvalue weighted by Crippen LogP contribution is 2.27. The summed E-state index contributed by atoms with van der Waals surface area (Å²) in [4.78, 5) is 12.5. The topological polar surface area (TPSA) is 69.2 Å². The number of amides is 1. The van der Waals surface area contributed by atoms with Crippen LogP contribution in [0, 0.1) is 0 Å². The summed E-state index contributed by atoms with van der Waals surface area (Å²) in [7, 11) is 3.06. The van der Waals surface area contributed by atoms with E-state index in [2.05, 4.69) is 10.5 Å². The first-order valence-corrected chi connectivity index (χ1v) is 8.87. The predicted molar refractivity (Wildman–Crippen MR) is 110 cm³/mol. The Labute approximate surface area is 163 Å². The lowest BCUT2D eigenvalue weighted by molar-refractivity contribution is 0.0954. The Morgan fingerprint density at radius 3 is 2.43 bits per heavy atom. The lowest BCUT2D eigenvalue weighted by Gasteiger charge is -2.10. The van der Waals surface area contributed by atoms with Gasteiger partial charge >= 0.3 is 0 Å². The SMILES string of the molecule is CCOc1ccc2ccccc2c1/C=N\NC(=O)c1cc(OC)cc(OC)c1. The minimum Gasteiger partial charge on any atom is -0.497 e. The largest absolute Gasteiger partial charge is 0.497 e. The number of fused-ring (bicyclic) bond motifs is 1. The molecule has 0 heterocycles. The van der Waals surface area contributed by atoms with Gasteiger partial charge in [0.1, 0.15) is 17.2 Å². The van der Waals surface area contributed by atoms with Gasteiger partial charge in [-0.1, -0.05) is 30.3 Å². The summed E-state index contributed by atoms with van der Waals surface area (Å²) < 4.78 is 16.1. The fourth-order valence-corrected chi connectivity index (χ4v) is 2.85. The van der Waals surface area contributed by atoms with Crippen LogP contribution in [0.25, 0.3) is 10.8 Å². The van der Waals surface area contributed by atoms with Gasteiger partial charge in [-0.05, 0) is 35.9 Å².